The highest BCUT2D eigenvalue weighted by molar-refractivity contribution is 6.46. The van der Waals surface area contributed by atoms with E-state index >= 15 is 0 Å². The number of hydrogen-bond acceptors (Lipinski definition) is 5. The number of ketones is 1. The average molecular weight is 450 g/mol. The summed E-state index contributed by atoms with van der Waals surface area (Å²) in [5, 5.41) is 11.6. The van der Waals surface area contributed by atoms with Gasteiger partial charge in [-0.1, -0.05) is 29.3 Å². The molecule has 0 spiro atoms. The van der Waals surface area contributed by atoms with Gasteiger partial charge in [0, 0.05) is 19.2 Å². The van der Waals surface area contributed by atoms with Crippen molar-refractivity contribution in [2.75, 3.05) is 26.9 Å². The van der Waals surface area contributed by atoms with E-state index in [4.69, 9.17) is 32.7 Å². The summed E-state index contributed by atoms with van der Waals surface area (Å²) in [5.74, 6) is -1.12. The summed E-state index contributed by atoms with van der Waals surface area (Å²) in [4.78, 5) is 27.0. The predicted molar refractivity (Wildman–Crippen MR) is 115 cm³/mol. The van der Waals surface area contributed by atoms with Crippen LogP contribution in [-0.2, 0) is 14.3 Å². The van der Waals surface area contributed by atoms with Gasteiger partial charge in [0.2, 0.25) is 0 Å². The molecule has 0 saturated carbocycles. The van der Waals surface area contributed by atoms with Crippen molar-refractivity contribution in [1.29, 1.82) is 0 Å². The summed E-state index contributed by atoms with van der Waals surface area (Å²) in [5.41, 5.74) is 0.944. The number of Topliss-reactive ketones (excluding diaryl/α,β-unsaturated/α-hetero) is 1. The Labute approximate surface area is 184 Å². The number of halogens is 2. The fourth-order valence-corrected chi connectivity index (χ4v) is 3.67. The number of amides is 1. The molecule has 1 saturated heterocycles. The third-order valence-electron chi connectivity index (χ3n) is 4.77. The van der Waals surface area contributed by atoms with Crippen LogP contribution < -0.4 is 4.74 Å². The molecule has 1 atom stereocenters. The van der Waals surface area contributed by atoms with Gasteiger partial charge in [0.05, 0.1) is 34.9 Å². The van der Waals surface area contributed by atoms with Gasteiger partial charge >= 0.3 is 0 Å². The van der Waals surface area contributed by atoms with Crippen LogP contribution in [0, 0.1) is 0 Å². The van der Waals surface area contributed by atoms with Crippen LogP contribution in [0.5, 0.6) is 5.75 Å². The Morgan fingerprint density at radius 1 is 1.10 bits per heavy atom. The zero-order valence-electron chi connectivity index (χ0n) is 16.5. The van der Waals surface area contributed by atoms with Crippen molar-refractivity contribution in [2.45, 2.75) is 13.0 Å². The summed E-state index contributed by atoms with van der Waals surface area (Å²) in [7, 11) is 1.50. The zero-order valence-corrected chi connectivity index (χ0v) is 18.0. The number of carbonyl (C=O) groups is 2. The Kier molecular flexibility index (Phi) is 7.02. The molecule has 1 aliphatic rings. The molecule has 158 valence electrons. The Morgan fingerprint density at radius 3 is 2.40 bits per heavy atom. The first-order valence-corrected chi connectivity index (χ1v) is 10.1. The molecule has 0 bridgehead atoms. The second-order valence-electron chi connectivity index (χ2n) is 6.62. The number of carbonyl (C=O) groups excluding carboxylic acids is 2. The number of hydrogen-bond donors (Lipinski definition) is 1. The number of likely N-dealkylation sites (tertiary alicyclic amines) is 1. The van der Waals surface area contributed by atoms with E-state index in [9.17, 15) is 14.7 Å². The molecule has 1 heterocycles. The van der Waals surface area contributed by atoms with E-state index in [-0.39, 0.29) is 29.5 Å². The van der Waals surface area contributed by atoms with E-state index in [2.05, 4.69) is 0 Å². The Hall–Kier alpha value is -2.54. The fourth-order valence-electron chi connectivity index (χ4n) is 3.36. The van der Waals surface area contributed by atoms with Gasteiger partial charge in [-0.2, -0.15) is 0 Å². The number of ether oxygens (including phenoxy) is 2. The van der Waals surface area contributed by atoms with E-state index in [1.807, 2.05) is 6.92 Å². The highest BCUT2D eigenvalue weighted by atomic mass is 35.5. The first kappa shape index (κ1) is 22.2. The quantitative estimate of drug-likeness (QED) is 0.383. The monoisotopic (exact) mass is 449 g/mol. The van der Waals surface area contributed by atoms with Crippen molar-refractivity contribution in [1.82, 2.24) is 4.90 Å². The molecule has 0 aromatic heterocycles. The van der Waals surface area contributed by atoms with Crippen LogP contribution in [0.1, 0.15) is 24.1 Å². The van der Waals surface area contributed by atoms with Gasteiger partial charge in [-0.15, -0.1) is 0 Å². The zero-order chi connectivity index (χ0) is 21.8. The second kappa shape index (κ2) is 9.51. The lowest BCUT2D eigenvalue weighted by Gasteiger charge is -2.25. The minimum Gasteiger partial charge on any atom is -0.507 e. The molecule has 0 radical (unpaired) electrons. The van der Waals surface area contributed by atoms with Gasteiger partial charge in [0.15, 0.2) is 0 Å². The van der Waals surface area contributed by atoms with E-state index in [1.165, 1.54) is 12.0 Å². The first-order valence-electron chi connectivity index (χ1n) is 9.34. The SMILES string of the molecule is CCOc1ccc(/C(O)=C2\C(=O)C(=O)N(CCOC)[C@@H]2c2ccc(Cl)c(Cl)c2)cc1. The molecule has 1 N–H and O–H groups in total. The molecule has 1 fully saturated rings. The molecule has 2 aromatic rings. The summed E-state index contributed by atoms with van der Waals surface area (Å²) in [6.45, 7) is 2.78. The summed E-state index contributed by atoms with van der Waals surface area (Å²) in [6, 6.07) is 10.7. The van der Waals surface area contributed by atoms with Crippen molar-refractivity contribution >= 4 is 40.7 Å². The van der Waals surface area contributed by atoms with Crippen LogP contribution in [0.4, 0.5) is 0 Å². The molecule has 1 aliphatic heterocycles. The van der Waals surface area contributed by atoms with E-state index in [0.717, 1.165) is 0 Å². The molecular weight excluding hydrogens is 429 g/mol. The van der Waals surface area contributed by atoms with Crippen LogP contribution in [0.3, 0.4) is 0 Å². The summed E-state index contributed by atoms with van der Waals surface area (Å²) >= 11 is 12.2. The minimum atomic E-state index is -0.818. The lowest BCUT2D eigenvalue weighted by atomic mass is 9.95. The number of methoxy groups -OCH3 is 1. The van der Waals surface area contributed by atoms with Crippen LogP contribution in [0.25, 0.3) is 5.76 Å². The van der Waals surface area contributed by atoms with Gasteiger partial charge in [0.1, 0.15) is 11.5 Å². The van der Waals surface area contributed by atoms with Gasteiger partial charge in [0.25, 0.3) is 11.7 Å². The van der Waals surface area contributed by atoms with Crippen molar-refractivity contribution in [3.63, 3.8) is 0 Å². The van der Waals surface area contributed by atoms with Crippen molar-refractivity contribution < 1.29 is 24.2 Å². The largest absolute Gasteiger partial charge is 0.507 e. The third kappa shape index (κ3) is 4.31. The molecule has 1 amide bonds. The highest BCUT2D eigenvalue weighted by Gasteiger charge is 2.46. The van der Waals surface area contributed by atoms with Gasteiger partial charge in [-0.25, -0.2) is 0 Å². The van der Waals surface area contributed by atoms with Crippen LogP contribution in [0.2, 0.25) is 10.0 Å². The molecule has 2 aromatic carbocycles. The number of aliphatic hydroxyl groups is 1. The lowest BCUT2D eigenvalue weighted by Crippen LogP contribution is -2.32. The Morgan fingerprint density at radius 2 is 1.80 bits per heavy atom. The van der Waals surface area contributed by atoms with E-state index in [0.29, 0.717) is 28.5 Å². The van der Waals surface area contributed by atoms with Crippen molar-refractivity contribution in [3.8, 4) is 5.75 Å². The normalized spacial score (nSPS) is 18.1. The molecule has 8 heteroatoms. The van der Waals surface area contributed by atoms with Crippen molar-refractivity contribution in [3.05, 3.63) is 69.2 Å². The Bertz CT molecular complexity index is 988. The second-order valence-corrected chi connectivity index (χ2v) is 7.43. The van der Waals surface area contributed by atoms with Gasteiger partial charge in [-0.3, -0.25) is 9.59 Å². The summed E-state index contributed by atoms with van der Waals surface area (Å²) in [6.07, 6.45) is 0. The number of rotatable bonds is 7. The third-order valence-corrected chi connectivity index (χ3v) is 5.51. The van der Waals surface area contributed by atoms with E-state index in [1.54, 1.807) is 42.5 Å². The van der Waals surface area contributed by atoms with Crippen LogP contribution >= 0.6 is 23.2 Å². The van der Waals surface area contributed by atoms with Gasteiger partial charge in [-0.05, 0) is 48.9 Å². The number of benzene rings is 2. The predicted octanol–water partition coefficient (Wildman–Crippen LogP) is 4.46. The molecule has 6 nitrogen and oxygen atoms in total. The standard InChI is InChI=1S/C22H21Cl2NO5/c1-3-30-15-7-4-13(5-8-15)20(26)18-19(14-6-9-16(23)17(24)12-14)25(10-11-29-2)22(28)21(18)27/h4-9,12,19,26H,3,10-11H2,1-2H3/b20-18+/t19-/m1/s1. The minimum absolute atomic E-state index is 0.0151. The maximum atomic E-state index is 12.9. The molecule has 3 rings (SSSR count). The number of nitrogens with zero attached hydrogens (tertiary/aromatic N) is 1. The van der Waals surface area contributed by atoms with Crippen molar-refractivity contribution in [2.24, 2.45) is 0 Å². The van der Waals surface area contributed by atoms with Gasteiger partial charge < -0.3 is 19.5 Å². The fraction of sp³-hybridized carbons (Fsp3) is 0.273. The molecule has 0 aliphatic carbocycles. The molecule has 0 unspecified atom stereocenters. The Balaban J connectivity index is 2.12. The van der Waals surface area contributed by atoms with Crippen LogP contribution in [-0.4, -0.2) is 48.6 Å². The first-order chi connectivity index (χ1) is 14.4. The lowest BCUT2D eigenvalue weighted by molar-refractivity contribution is -0.140. The van der Waals surface area contributed by atoms with E-state index < -0.39 is 17.7 Å². The molecular formula is C22H21Cl2NO5. The summed E-state index contributed by atoms with van der Waals surface area (Å²) < 4.78 is 10.5. The molecule has 30 heavy (non-hydrogen) atoms. The number of aliphatic hydroxyl groups excluding tert-OH is 1. The average Bonchev–Trinajstić information content (AvgIpc) is 2.99. The highest BCUT2D eigenvalue weighted by Crippen LogP contribution is 2.40. The topological polar surface area (TPSA) is 76.1 Å². The maximum absolute atomic E-state index is 12.9. The maximum Gasteiger partial charge on any atom is 0.295 e. The smallest absolute Gasteiger partial charge is 0.295 e. The van der Waals surface area contributed by atoms with Crippen LogP contribution in [0.15, 0.2) is 48.0 Å².